The number of benzene rings is 2. The van der Waals surface area contributed by atoms with Crippen LogP contribution in [0.25, 0.3) is 10.4 Å². The van der Waals surface area contributed by atoms with E-state index >= 15 is 0 Å². The van der Waals surface area contributed by atoms with E-state index < -0.39 is 23.3 Å². The molecule has 4 rings (SSSR count). The molecule has 3 aromatic rings. The molecule has 2 amide bonds. The lowest BCUT2D eigenvalue weighted by atomic mass is 9.83. The molecule has 208 valence electrons. The van der Waals surface area contributed by atoms with Crippen LogP contribution in [0.15, 0.2) is 54.7 Å². The third-order valence-corrected chi connectivity index (χ3v) is 8.57. The molecule has 1 aromatic heterocycles. The second kappa shape index (κ2) is 12.5. The van der Waals surface area contributed by atoms with Crippen molar-refractivity contribution in [1.82, 2.24) is 15.6 Å². The Hall–Kier alpha value is -2.91. The number of halogens is 1. The molecular formula is C30H36FN3O3S2. The Kier molecular flexibility index (Phi) is 9.33. The van der Waals surface area contributed by atoms with Crippen LogP contribution in [0, 0.1) is 12.7 Å². The summed E-state index contributed by atoms with van der Waals surface area (Å²) >= 11 is 3.52. The Morgan fingerprint density at radius 3 is 2.54 bits per heavy atom. The van der Waals surface area contributed by atoms with E-state index in [0.29, 0.717) is 5.56 Å². The molecule has 0 bridgehead atoms. The highest BCUT2D eigenvalue weighted by molar-refractivity contribution is 7.99. The fourth-order valence-corrected chi connectivity index (χ4v) is 6.75. The average Bonchev–Trinajstić information content (AvgIpc) is 3.31. The number of thiazole rings is 1. The molecule has 1 atom stereocenters. The van der Waals surface area contributed by atoms with Gasteiger partial charge in [0.15, 0.2) is 0 Å². The van der Waals surface area contributed by atoms with Crippen LogP contribution < -0.4 is 10.6 Å². The summed E-state index contributed by atoms with van der Waals surface area (Å²) in [5.41, 5.74) is 1.36. The normalized spacial score (nSPS) is 15.8. The Bertz CT molecular complexity index is 1300. The SMILES string of the molecule is Cc1ncc(-c2cccc(C3(NC(=O)C[C@@H](Cc4ccccc4F)NC(=O)OC(C)(C)C)CCSCC3)c2)s1. The Morgan fingerprint density at radius 2 is 1.87 bits per heavy atom. The second-order valence-electron chi connectivity index (χ2n) is 10.9. The molecule has 6 nitrogen and oxygen atoms in total. The van der Waals surface area contributed by atoms with Crippen molar-refractivity contribution in [2.24, 2.45) is 0 Å². The largest absolute Gasteiger partial charge is 0.444 e. The number of amides is 2. The molecule has 0 aliphatic carbocycles. The van der Waals surface area contributed by atoms with Gasteiger partial charge in [-0.05, 0) is 87.3 Å². The first-order valence-corrected chi connectivity index (χ1v) is 15.2. The zero-order valence-corrected chi connectivity index (χ0v) is 24.5. The number of aromatic nitrogens is 1. The van der Waals surface area contributed by atoms with Gasteiger partial charge in [-0.2, -0.15) is 11.8 Å². The minimum Gasteiger partial charge on any atom is -0.444 e. The highest BCUT2D eigenvalue weighted by Crippen LogP contribution is 2.38. The maximum atomic E-state index is 14.5. The van der Waals surface area contributed by atoms with E-state index in [0.717, 1.165) is 45.4 Å². The molecule has 1 aliphatic rings. The van der Waals surface area contributed by atoms with Crippen LogP contribution in [-0.2, 0) is 21.5 Å². The molecule has 39 heavy (non-hydrogen) atoms. The fraction of sp³-hybridized carbons (Fsp3) is 0.433. The molecule has 2 N–H and O–H groups in total. The summed E-state index contributed by atoms with van der Waals surface area (Å²) in [5, 5.41) is 7.14. The summed E-state index contributed by atoms with van der Waals surface area (Å²) in [6.45, 7) is 7.31. The molecule has 0 unspecified atom stereocenters. The number of ether oxygens (including phenoxy) is 1. The van der Waals surface area contributed by atoms with Crippen molar-refractivity contribution in [2.75, 3.05) is 11.5 Å². The number of hydrogen-bond donors (Lipinski definition) is 2. The van der Waals surface area contributed by atoms with Gasteiger partial charge in [-0.3, -0.25) is 4.79 Å². The van der Waals surface area contributed by atoms with Gasteiger partial charge in [-0.25, -0.2) is 14.2 Å². The van der Waals surface area contributed by atoms with Crippen LogP contribution in [0.5, 0.6) is 0 Å². The van der Waals surface area contributed by atoms with Crippen molar-refractivity contribution >= 4 is 35.1 Å². The van der Waals surface area contributed by atoms with Crippen molar-refractivity contribution in [3.8, 4) is 10.4 Å². The average molecular weight is 570 g/mol. The standard InChI is InChI=1S/C30H36FN3O3S2/c1-20-32-19-26(39-20)22-9-7-10-23(16-22)30(12-14-38-15-13-30)34-27(35)18-24(33-28(36)37-29(2,3)4)17-21-8-5-6-11-25(21)31/h5-11,16,19,24H,12-15,17-18H2,1-4H3,(H,33,36)(H,34,35)/t24-/m1/s1. The van der Waals surface area contributed by atoms with Crippen molar-refractivity contribution in [1.29, 1.82) is 0 Å². The molecule has 9 heteroatoms. The number of aryl methyl sites for hydroxylation is 1. The lowest BCUT2D eigenvalue weighted by Gasteiger charge is -2.39. The van der Waals surface area contributed by atoms with Crippen molar-refractivity contribution in [2.45, 2.75) is 70.6 Å². The number of nitrogens with one attached hydrogen (secondary N) is 2. The first kappa shape index (κ1) is 29.1. The maximum absolute atomic E-state index is 14.5. The first-order valence-electron chi connectivity index (χ1n) is 13.2. The molecule has 2 heterocycles. The van der Waals surface area contributed by atoms with Gasteiger partial charge in [-0.1, -0.05) is 36.4 Å². The zero-order valence-electron chi connectivity index (χ0n) is 22.9. The highest BCUT2D eigenvalue weighted by Gasteiger charge is 2.36. The lowest BCUT2D eigenvalue weighted by Crippen LogP contribution is -2.50. The molecule has 0 radical (unpaired) electrons. The molecule has 1 aliphatic heterocycles. The van der Waals surface area contributed by atoms with Crippen molar-refractivity contribution in [3.63, 3.8) is 0 Å². The molecule has 0 spiro atoms. The summed E-state index contributed by atoms with van der Waals surface area (Å²) in [5.74, 6) is 1.29. The summed E-state index contributed by atoms with van der Waals surface area (Å²) in [4.78, 5) is 31.7. The number of carbonyl (C=O) groups is 2. The highest BCUT2D eigenvalue weighted by atomic mass is 32.2. The Balaban J connectivity index is 1.55. The number of alkyl carbamates (subject to hydrolysis) is 1. The quantitative estimate of drug-likeness (QED) is 0.319. The maximum Gasteiger partial charge on any atom is 0.407 e. The monoisotopic (exact) mass is 569 g/mol. The van der Waals surface area contributed by atoms with E-state index in [9.17, 15) is 14.0 Å². The smallest absolute Gasteiger partial charge is 0.407 e. The second-order valence-corrected chi connectivity index (χ2v) is 13.4. The van der Waals surface area contributed by atoms with Gasteiger partial charge in [0.25, 0.3) is 0 Å². The summed E-state index contributed by atoms with van der Waals surface area (Å²) in [6.07, 6.45) is 3.01. The van der Waals surface area contributed by atoms with Crippen LogP contribution in [-0.4, -0.2) is 40.1 Å². The first-order chi connectivity index (χ1) is 18.5. The number of hydrogen-bond acceptors (Lipinski definition) is 6. The van der Waals surface area contributed by atoms with Gasteiger partial charge < -0.3 is 15.4 Å². The predicted octanol–water partition coefficient (Wildman–Crippen LogP) is 6.62. The van der Waals surface area contributed by atoms with Gasteiger partial charge >= 0.3 is 6.09 Å². The van der Waals surface area contributed by atoms with Crippen LogP contribution in [0.2, 0.25) is 0 Å². The van der Waals surface area contributed by atoms with E-state index in [4.69, 9.17) is 4.74 Å². The Labute approximate surface area is 238 Å². The van der Waals surface area contributed by atoms with E-state index in [2.05, 4.69) is 33.8 Å². The van der Waals surface area contributed by atoms with E-state index in [1.807, 2.05) is 30.9 Å². The van der Waals surface area contributed by atoms with E-state index in [1.165, 1.54) is 6.07 Å². The van der Waals surface area contributed by atoms with Crippen LogP contribution in [0.3, 0.4) is 0 Å². The van der Waals surface area contributed by atoms with E-state index in [1.54, 1.807) is 50.3 Å². The topological polar surface area (TPSA) is 80.3 Å². The third kappa shape index (κ3) is 8.05. The molecule has 1 saturated heterocycles. The van der Waals surface area contributed by atoms with Gasteiger partial charge in [0.2, 0.25) is 5.91 Å². The van der Waals surface area contributed by atoms with Crippen molar-refractivity contribution < 1.29 is 18.7 Å². The van der Waals surface area contributed by atoms with Crippen LogP contribution in [0.1, 0.15) is 56.2 Å². The summed E-state index contributed by atoms with van der Waals surface area (Å²) in [7, 11) is 0. The minimum atomic E-state index is -0.694. The lowest BCUT2D eigenvalue weighted by molar-refractivity contribution is -0.123. The molecule has 1 fully saturated rings. The summed E-state index contributed by atoms with van der Waals surface area (Å²) < 4.78 is 19.9. The zero-order chi connectivity index (χ0) is 28.0. The molecular weight excluding hydrogens is 533 g/mol. The van der Waals surface area contributed by atoms with Crippen molar-refractivity contribution in [3.05, 3.63) is 76.7 Å². The van der Waals surface area contributed by atoms with E-state index in [-0.39, 0.29) is 24.6 Å². The van der Waals surface area contributed by atoms with Gasteiger partial charge in [0, 0.05) is 18.7 Å². The van der Waals surface area contributed by atoms with Gasteiger partial charge in [0.05, 0.1) is 15.4 Å². The van der Waals surface area contributed by atoms with Crippen LogP contribution in [0.4, 0.5) is 9.18 Å². The summed E-state index contributed by atoms with van der Waals surface area (Å²) in [6, 6.07) is 14.1. The number of nitrogens with zero attached hydrogens (tertiary/aromatic N) is 1. The minimum absolute atomic E-state index is 0.00377. The number of rotatable bonds is 8. The van der Waals surface area contributed by atoms with Gasteiger partial charge in [-0.15, -0.1) is 11.3 Å². The molecule has 2 aromatic carbocycles. The Morgan fingerprint density at radius 1 is 1.13 bits per heavy atom. The van der Waals surface area contributed by atoms with Gasteiger partial charge in [0.1, 0.15) is 11.4 Å². The number of carbonyl (C=O) groups excluding carboxylic acids is 2. The predicted molar refractivity (Wildman–Crippen MR) is 157 cm³/mol. The molecule has 0 saturated carbocycles. The third-order valence-electron chi connectivity index (χ3n) is 6.62. The van der Waals surface area contributed by atoms with Crippen LogP contribution >= 0.6 is 23.1 Å². The number of thioether (sulfide) groups is 1. The fourth-order valence-electron chi connectivity index (χ4n) is 4.79.